The Morgan fingerprint density at radius 3 is 2.47 bits per heavy atom. The molecule has 0 aliphatic rings. The number of oxime groups is 1. The van der Waals surface area contributed by atoms with E-state index in [2.05, 4.69) is 15.1 Å². The standard InChI is InChI=1S/C11H9N3O3/c15-10-9(7-4-2-1-3-5-7)8(6-12-17)13-11(16)14-10/h1-6,17H,(H2,13,14,15,16). The molecule has 1 aromatic heterocycles. The predicted molar refractivity (Wildman–Crippen MR) is 62.5 cm³/mol. The number of rotatable bonds is 2. The SMILES string of the molecule is O=c1[nH]c(C=NO)c(-c2ccccc2)c(=O)[nH]1. The van der Waals surface area contributed by atoms with Crippen LogP contribution < -0.4 is 11.2 Å². The lowest BCUT2D eigenvalue weighted by molar-refractivity contribution is 0.321. The van der Waals surface area contributed by atoms with E-state index in [1.165, 1.54) is 0 Å². The summed E-state index contributed by atoms with van der Waals surface area (Å²) < 4.78 is 0. The second-order valence-corrected chi connectivity index (χ2v) is 3.31. The van der Waals surface area contributed by atoms with Crippen LogP contribution in [-0.4, -0.2) is 21.4 Å². The van der Waals surface area contributed by atoms with Crippen molar-refractivity contribution in [1.29, 1.82) is 0 Å². The van der Waals surface area contributed by atoms with Crippen molar-refractivity contribution >= 4 is 6.21 Å². The number of hydrogen-bond donors (Lipinski definition) is 3. The molecule has 2 rings (SSSR count). The predicted octanol–water partition coefficient (Wildman–Crippen LogP) is 0.538. The Bertz CT molecular complexity index is 656. The summed E-state index contributed by atoms with van der Waals surface area (Å²) in [5.41, 5.74) is -0.144. The maximum Gasteiger partial charge on any atom is 0.326 e. The van der Waals surface area contributed by atoms with Crippen molar-refractivity contribution in [1.82, 2.24) is 9.97 Å². The monoisotopic (exact) mass is 231 g/mol. The largest absolute Gasteiger partial charge is 0.411 e. The van der Waals surface area contributed by atoms with Gasteiger partial charge in [-0.25, -0.2) is 4.79 Å². The van der Waals surface area contributed by atoms with E-state index in [1.807, 2.05) is 6.07 Å². The molecule has 6 nitrogen and oxygen atoms in total. The highest BCUT2D eigenvalue weighted by molar-refractivity contribution is 5.87. The van der Waals surface area contributed by atoms with Gasteiger partial charge in [0.2, 0.25) is 0 Å². The minimum atomic E-state index is -0.649. The van der Waals surface area contributed by atoms with Crippen molar-refractivity contribution < 1.29 is 5.21 Å². The molecule has 86 valence electrons. The molecule has 0 fully saturated rings. The Hall–Kier alpha value is -2.63. The minimum Gasteiger partial charge on any atom is -0.411 e. The van der Waals surface area contributed by atoms with Gasteiger partial charge in [-0.05, 0) is 5.56 Å². The summed E-state index contributed by atoms with van der Waals surface area (Å²) in [5, 5.41) is 11.3. The maximum absolute atomic E-state index is 11.7. The van der Waals surface area contributed by atoms with Crippen LogP contribution in [0, 0.1) is 0 Å². The molecular weight excluding hydrogens is 222 g/mol. The third-order valence-electron chi connectivity index (χ3n) is 2.22. The Morgan fingerprint density at radius 2 is 1.82 bits per heavy atom. The third-order valence-corrected chi connectivity index (χ3v) is 2.22. The zero-order chi connectivity index (χ0) is 12.3. The number of benzene rings is 1. The molecule has 0 saturated heterocycles. The molecule has 2 aromatic rings. The first-order chi connectivity index (χ1) is 8.22. The maximum atomic E-state index is 11.7. The first kappa shape index (κ1) is 10.9. The van der Waals surface area contributed by atoms with Gasteiger partial charge in [0.05, 0.1) is 17.5 Å². The fraction of sp³-hybridized carbons (Fsp3) is 0. The van der Waals surface area contributed by atoms with Crippen molar-refractivity contribution in [3.8, 4) is 11.1 Å². The van der Waals surface area contributed by atoms with E-state index in [4.69, 9.17) is 5.21 Å². The number of nitrogens with one attached hydrogen (secondary N) is 2. The van der Waals surface area contributed by atoms with Crippen LogP contribution in [0.5, 0.6) is 0 Å². The number of aromatic nitrogens is 2. The van der Waals surface area contributed by atoms with Crippen LogP contribution >= 0.6 is 0 Å². The molecule has 0 radical (unpaired) electrons. The van der Waals surface area contributed by atoms with E-state index in [0.717, 1.165) is 6.21 Å². The molecule has 1 heterocycles. The van der Waals surface area contributed by atoms with Gasteiger partial charge in [-0.2, -0.15) is 0 Å². The number of nitrogens with zero attached hydrogens (tertiary/aromatic N) is 1. The average Bonchev–Trinajstić information content (AvgIpc) is 2.30. The van der Waals surface area contributed by atoms with E-state index in [0.29, 0.717) is 5.56 Å². The number of aromatic amines is 2. The Balaban J connectivity index is 2.77. The zero-order valence-electron chi connectivity index (χ0n) is 8.68. The van der Waals surface area contributed by atoms with Gasteiger partial charge < -0.3 is 10.2 Å². The second-order valence-electron chi connectivity index (χ2n) is 3.31. The molecule has 0 amide bonds. The molecule has 0 aliphatic carbocycles. The third kappa shape index (κ3) is 2.15. The molecule has 0 atom stereocenters. The molecule has 17 heavy (non-hydrogen) atoms. The topological polar surface area (TPSA) is 98.3 Å². The van der Waals surface area contributed by atoms with Gasteiger partial charge >= 0.3 is 5.69 Å². The van der Waals surface area contributed by atoms with E-state index >= 15 is 0 Å². The molecule has 1 aromatic carbocycles. The van der Waals surface area contributed by atoms with Gasteiger partial charge in [-0.3, -0.25) is 9.78 Å². The number of hydrogen-bond acceptors (Lipinski definition) is 4. The molecule has 0 bridgehead atoms. The van der Waals surface area contributed by atoms with Gasteiger partial charge in [0, 0.05) is 0 Å². The first-order valence-corrected chi connectivity index (χ1v) is 4.82. The summed E-state index contributed by atoms with van der Waals surface area (Å²) in [6, 6.07) is 8.78. The highest BCUT2D eigenvalue weighted by Crippen LogP contribution is 2.15. The van der Waals surface area contributed by atoms with Crippen LogP contribution in [-0.2, 0) is 0 Å². The minimum absolute atomic E-state index is 0.160. The average molecular weight is 231 g/mol. The summed E-state index contributed by atoms with van der Waals surface area (Å²) in [4.78, 5) is 27.4. The van der Waals surface area contributed by atoms with Crippen molar-refractivity contribution in [2.24, 2.45) is 5.16 Å². The summed E-state index contributed by atoms with van der Waals surface area (Å²) in [5.74, 6) is 0. The Labute approximate surface area is 95.3 Å². The Kier molecular flexibility index (Phi) is 2.87. The summed E-state index contributed by atoms with van der Waals surface area (Å²) in [7, 11) is 0. The molecule has 0 spiro atoms. The summed E-state index contributed by atoms with van der Waals surface area (Å²) in [6.07, 6.45) is 1.01. The van der Waals surface area contributed by atoms with E-state index < -0.39 is 11.2 Å². The lowest BCUT2D eigenvalue weighted by Gasteiger charge is -2.03. The first-order valence-electron chi connectivity index (χ1n) is 4.82. The van der Waals surface area contributed by atoms with Crippen LogP contribution in [0.15, 0.2) is 45.1 Å². The fourth-order valence-corrected chi connectivity index (χ4v) is 1.55. The van der Waals surface area contributed by atoms with E-state index in [9.17, 15) is 9.59 Å². The highest BCUT2D eigenvalue weighted by Gasteiger charge is 2.09. The quantitative estimate of drug-likeness (QED) is 0.399. The lowest BCUT2D eigenvalue weighted by atomic mass is 10.1. The van der Waals surface area contributed by atoms with Gasteiger partial charge in [-0.1, -0.05) is 35.5 Å². The zero-order valence-corrected chi connectivity index (χ0v) is 8.68. The molecule has 0 aliphatic heterocycles. The van der Waals surface area contributed by atoms with Crippen molar-refractivity contribution in [2.45, 2.75) is 0 Å². The van der Waals surface area contributed by atoms with Crippen molar-refractivity contribution in [3.63, 3.8) is 0 Å². The second kappa shape index (κ2) is 4.48. The molecule has 6 heteroatoms. The van der Waals surface area contributed by atoms with E-state index in [-0.39, 0.29) is 11.3 Å². The number of H-pyrrole nitrogens is 2. The van der Waals surface area contributed by atoms with Gasteiger partial charge in [0.25, 0.3) is 5.56 Å². The van der Waals surface area contributed by atoms with Crippen LogP contribution in [0.4, 0.5) is 0 Å². The van der Waals surface area contributed by atoms with Crippen molar-refractivity contribution in [3.05, 3.63) is 56.9 Å². The van der Waals surface area contributed by atoms with Crippen LogP contribution in [0.2, 0.25) is 0 Å². The summed E-state index contributed by atoms with van der Waals surface area (Å²) in [6.45, 7) is 0. The van der Waals surface area contributed by atoms with Gasteiger partial charge in [0.15, 0.2) is 0 Å². The molecule has 0 unspecified atom stereocenters. The van der Waals surface area contributed by atoms with Crippen LogP contribution in [0.3, 0.4) is 0 Å². The smallest absolute Gasteiger partial charge is 0.326 e. The molecule has 3 N–H and O–H groups in total. The van der Waals surface area contributed by atoms with Crippen LogP contribution in [0.1, 0.15) is 5.69 Å². The van der Waals surface area contributed by atoms with Gasteiger partial charge in [0.1, 0.15) is 0 Å². The normalized spacial score (nSPS) is 10.8. The lowest BCUT2D eigenvalue weighted by Crippen LogP contribution is -2.26. The summed E-state index contributed by atoms with van der Waals surface area (Å²) >= 11 is 0. The van der Waals surface area contributed by atoms with Crippen molar-refractivity contribution in [2.75, 3.05) is 0 Å². The molecule has 0 saturated carbocycles. The van der Waals surface area contributed by atoms with Gasteiger partial charge in [-0.15, -0.1) is 0 Å². The van der Waals surface area contributed by atoms with E-state index in [1.54, 1.807) is 24.3 Å². The fourth-order valence-electron chi connectivity index (χ4n) is 1.55. The van der Waals surface area contributed by atoms with Crippen LogP contribution in [0.25, 0.3) is 11.1 Å². The Morgan fingerprint density at radius 1 is 1.12 bits per heavy atom. The molecular formula is C11H9N3O3. The highest BCUT2D eigenvalue weighted by atomic mass is 16.4.